The molecule has 3 aliphatic heterocycles. The lowest BCUT2D eigenvalue weighted by molar-refractivity contribution is -0.00355. The highest BCUT2D eigenvalue weighted by atomic mass is 15.4. The van der Waals surface area contributed by atoms with Gasteiger partial charge in [-0.25, -0.2) is 0 Å². The first-order valence-electron chi connectivity index (χ1n) is 6.59. The van der Waals surface area contributed by atoms with Crippen LogP contribution < -0.4 is 5.32 Å². The van der Waals surface area contributed by atoms with Crippen LogP contribution in [0.4, 0.5) is 0 Å². The van der Waals surface area contributed by atoms with E-state index in [-0.39, 0.29) is 0 Å². The van der Waals surface area contributed by atoms with Gasteiger partial charge in [-0.1, -0.05) is 6.08 Å². The van der Waals surface area contributed by atoms with Gasteiger partial charge < -0.3 is 5.32 Å². The number of nitrogens with zero attached hydrogens (tertiary/aromatic N) is 2. The van der Waals surface area contributed by atoms with Crippen molar-refractivity contribution < 1.29 is 0 Å². The summed E-state index contributed by atoms with van der Waals surface area (Å²) in [4.78, 5) is 5.29. The van der Waals surface area contributed by atoms with Gasteiger partial charge >= 0.3 is 0 Å². The zero-order valence-electron chi connectivity index (χ0n) is 10.5. The Balaban J connectivity index is 1.85. The van der Waals surface area contributed by atoms with Gasteiger partial charge in [0.2, 0.25) is 0 Å². The monoisotopic (exact) mass is 223 g/mol. The Labute approximate surface area is 99.5 Å². The number of likely N-dealkylation sites (N-methyl/N-ethyl adjacent to an activating group) is 1. The van der Waals surface area contributed by atoms with E-state index in [1.807, 2.05) is 6.08 Å². The van der Waals surface area contributed by atoms with Gasteiger partial charge in [0.15, 0.2) is 0 Å². The molecule has 16 heavy (non-hydrogen) atoms. The highest BCUT2D eigenvalue weighted by molar-refractivity contribution is 4.94. The SMILES string of the molecule is C=CCCCC(NC)C1CN2CCN1CC2. The second-order valence-corrected chi connectivity index (χ2v) is 5.02. The molecule has 0 aliphatic carbocycles. The summed E-state index contributed by atoms with van der Waals surface area (Å²) in [5, 5.41) is 3.51. The summed E-state index contributed by atoms with van der Waals surface area (Å²) in [6.07, 6.45) is 5.72. The van der Waals surface area contributed by atoms with Crippen molar-refractivity contribution in [3.05, 3.63) is 12.7 Å². The van der Waals surface area contributed by atoms with Crippen molar-refractivity contribution in [3.63, 3.8) is 0 Å². The van der Waals surface area contributed by atoms with Crippen LogP contribution in [-0.2, 0) is 0 Å². The topological polar surface area (TPSA) is 18.5 Å². The van der Waals surface area contributed by atoms with Gasteiger partial charge in [0.25, 0.3) is 0 Å². The molecule has 0 saturated carbocycles. The van der Waals surface area contributed by atoms with Crippen molar-refractivity contribution in [2.45, 2.75) is 31.3 Å². The molecular weight excluding hydrogens is 198 g/mol. The maximum Gasteiger partial charge on any atom is 0.0377 e. The lowest BCUT2D eigenvalue weighted by Gasteiger charge is -2.50. The van der Waals surface area contributed by atoms with Gasteiger partial charge in [-0.05, 0) is 26.3 Å². The van der Waals surface area contributed by atoms with E-state index < -0.39 is 0 Å². The fourth-order valence-corrected chi connectivity index (χ4v) is 3.05. The number of piperazine rings is 3. The average molecular weight is 223 g/mol. The molecule has 3 fully saturated rings. The highest BCUT2D eigenvalue weighted by Gasteiger charge is 2.35. The molecule has 0 radical (unpaired) electrons. The molecule has 0 aromatic carbocycles. The lowest BCUT2D eigenvalue weighted by Crippen LogP contribution is -2.66. The Bertz CT molecular complexity index is 221. The zero-order chi connectivity index (χ0) is 11.4. The first kappa shape index (κ1) is 12.1. The summed E-state index contributed by atoms with van der Waals surface area (Å²) < 4.78 is 0. The summed E-state index contributed by atoms with van der Waals surface area (Å²) in [5.41, 5.74) is 0. The fraction of sp³-hybridized carbons (Fsp3) is 0.846. The van der Waals surface area contributed by atoms with Crippen LogP contribution in [0.1, 0.15) is 19.3 Å². The van der Waals surface area contributed by atoms with E-state index >= 15 is 0 Å². The number of allylic oxidation sites excluding steroid dienone is 1. The Hall–Kier alpha value is -0.380. The average Bonchev–Trinajstić information content (AvgIpc) is 2.36. The maximum absolute atomic E-state index is 3.80. The minimum atomic E-state index is 0.656. The standard InChI is InChI=1S/C13H25N3/c1-3-4-5-6-12(14-2)13-11-15-7-9-16(13)10-8-15/h3,12-14H,1,4-11H2,2H3. The van der Waals surface area contributed by atoms with Crippen molar-refractivity contribution in [3.8, 4) is 0 Å². The molecule has 0 aromatic rings. The third-order valence-corrected chi connectivity index (χ3v) is 4.08. The van der Waals surface area contributed by atoms with Crippen molar-refractivity contribution in [1.82, 2.24) is 15.1 Å². The van der Waals surface area contributed by atoms with Gasteiger partial charge in [0.1, 0.15) is 0 Å². The van der Waals surface area contributed by atoms with E-state index in [1.165, 1.54) is 45.6 Å². The summed E-state index contributed by atoms with van der Waals surface area (Å²) in [6, 6.07) is 1.39. The maximum atomic E-state index is 3.80. The van der Waals surface area contributed by atoms with E-state index in [1.54, 1.807) is 0 Å². The minimum Gasteiger partial charge on any atom is -0.315 e. The Morgan fingerprint density at radius 3 is 2.62 bits per heavy atom. The van der Waals surface area contributed by atoms with E-state index in [4.69, 9.17) is 0 Å². The molecule has 3 saturated heterocycles. The normalized spacial score (nSPS) is 34.9. The van der Waals surface area contributed by atoms with Crippen LogP contribution in [0.25, 0.3) is 0 Å². The molecule has 3 heteroatoms. The van der Waals surface area contributed by atoms with Crippen molar-refractivity contribution in [1.29, 1.82) is 0 Å². The predicted molar refractivity (Wildman–Crippen MR) is 68.7 cm³/mol. The Morgan fingerprint density at radius 1 is 1.38 bits per heavy atom. The van der Waals surface area contributed by atoms with Gasteiger partial charge in [0.05, 0.1) is 0 Å². The van der Waals surface area contributed by atoms with Gasteiger partial charge in [0, 0.05) is 44.8 Å². The van der Waals surface area contributed by atoms with E-state index in [9.17, 15) is 0 Å². The third-order valence-electron chi connectivity index (χ3n) is 4.08. The first-order chi connectivity index (χ1) is 7.85. The van der Waals surface area contributed by atoms with Crippen LogP contribution >= 0.6 is 0 Å². The number of hydrogen-bond acceptors (Lipinski definition) is 3. The molecule has 2 unspecified atom stereocenters. The summed E-state index contributed by atoms with van der Waals surface area (Å²) >= 11 is 0. The van der Waals surface area contributed by atoms with Crippen LogP contribution in [0.15, 0.2) is 12.7 Å². The predicted octanol–water partition coefficient (Wildman–Crippen LogP) is 0.930. The summed E-state index contributed by atoms with van der Waals surface area (Å²) in [7, 11) is 2.11. The molecule has 92 valence electrons. The quantitative estimate of drug-likeness (QED) is 0.534. The molecular formula is C13H25N3. The smallest absolute Gasteiger partial charge is 0.0377 e. The molecule has 0 aromatic heterocycles. The van der Waals surface area contributed by atoms with Crippen molar-refractivity contribution in [2.75, 3.05) is 39.8 Å². The molecule has 2 bridgehead atoms. The summed E-state index contributed by atoms with van der Waals surface area (Å²) in [5.74, 6) is 0. The molecule has 3 nitrogen and oxygen atoms in total. The van der Waals surface area contributed by atoms with Crippen molar-refractivity contribution in [2.24, 2.45) is 0 Å². The second-order valence-electron chi connectivity index (χ2n) is 5.02. The fourth-order valence-electron chi connectivity index (χ4n) is 3.05. The van der Waals surface area contributed by atoms with E-state index in [0.29, 0.717) is 6.04 Å². The molecule has 0 amide bonds. The Morgan fingerprint density at radius 2 is 2.12 bits per heavy atom. The van der Waals surface area contributed by atoms with Crippen LogP contribution in [0.3, 0.4) is 0 Å². The highest BCUT2D eigenvalue weighted by Crippen LogP contribution is 2.20. The van der Waals surface area contributed by atoms with E-state index in [0.717, 1.165) is 12.5 Å². The number of unbranched alkanes of at least 4 members (excludes halogenated alkanes) is 1. The molecule has 3 rings (SSSR count). The molecule has 0 spiro atoms. The zero-order valence-corrected chi connectivity index (χ0v) is 10.5. The number of nitrogens with one attached hydrogen (secondary N) is 1. The largest absolute Gasteiger partial charge is 0.315 e. The number of fused-ring (bicyclic) bond motifs is 3. The van der Waals surface area contributed by atoms with Gasteiger partial charge in [-0.2, -0.15) is 0 Å². The summed E-state index contributed by atoms with van der Waals surface area (Å²) in [6.45, 7) is 10.1. The Kier molecular flexibility index (Phi) is 4.38. The first-order valence-corrected chi connectivity index (χ1v) is 6.59. The molecule has 2 atom stereocenters. The van der Waals surface area contributed by atoms with Crippen LogP contribution in [0.5, 0.6) is 0 Å². The van der Waals surface area contributed by atoms with Crippen LogP contribution in [0, 0.1) is 0 Å². The lowest BCUT2D eigenvalue weighted by atomic mass is 9.96. The molecule has 1 N–H and O–H groups in total. The van der Waals surface area contributed by atoms with Gasteiger partial charge in [-0.3, -0.25) is 9.80 Å². The van der Waals surface area contributed by atoms with Crippen LogP contribution in [-0.4, -0.2) is 61.7 Å². The second kappa shape index (κ2) is 5.80. The van der Waals surface area contributed by atoms with E-state index in [2.05, 4.69) is 28.7 Å². The van der Waals surface area contributed by atoms with Gasteiger partial charge in [-0.15, -0.1) is 6.58 Å². The van der Waals surface area contributed by atoms with Crippen LogP contribution in [0.2, 0.25) is 0 Å². The number of rotatable bonds is 6. The molecule has 3 heterocycles. The third kappa shape index (κ3) is 2.65. The minimum absolute atomic E-state index is 0.656. The number of hydrogen-bond donors (Lipinski definition) is 1. The van der Waals surface area contributed by atoms with Crippen molar-refractivity contribution >= 4 is 0 Å². The molecule has 3 aliphatic rings.